The average molecular weight is 344 g/mol. The molecule has 0 saturated heterocycles. The van der Waals surface area contributed by atoms with E-state index in [1.807, 2.05) is 11.4 Å². The molecule has 3 rings (SSSR count). The summed E-state index contributed by atoms with van der Waals surface area (Å²) in [7, 11) is 2.91. The summed E-state index contributed by atoms with van der Waals surface area (Å²) < 4.78 is 11.6. The monoisotopic (exact) mass is 344 g/mol. The van der Waals surface area contributed by atoms with Crippen molar-refractivity contribution in [2.45, 2.75) is 6.54 Å². The molecule has 6 nitrogen and oxygen atoms in total. The van der Waals surface area contributed by atoms with Gasteiger partial charge >= 0.3 is 5.97 Å². The zero-order valence-corrected chi connectivity index (χ0v) is 14.1. The van der Waals surface area contributed by atoms with Crippen LogP contribution in [0.5, 0.6) is 5.75 Å². The summed E-state index contributed by atoms with van der Waals surface area (Å²) in [5.74, 6) is 0.0264. The molecule has 7 heteroatoms. The number of fused-ring (bicyclic) bond motifs is 1. The molecule has 1 aromatic carbocycles. The fraction of sp³-hybridized carbons (Fsp3) is 0.176. The first kappa shape index (κ1) is 16.1. The van der Waals surface area contributed by atoms with Gasteiger partial charge in [-0.25, -0.2) is 4.79 Å². The number of benzene rings is 1. The van der Waals surface area contributed by atoms with Gasteiger partial charge in [-0.05, 0) is 41.8 Å². The number of carbonyl (C=O) groups is 2. The van der Waals surface area contributed by atoms with Crippen molar-refractivity contribution in [3.05, 3.63) is 47.5 Å². The summed E-state index contributed by atoms with van der Waals surface area (Å²) in [6.07, 6.45) is 0. The number of nitrogens with zero attached hydrogens (tertiary/aromatic N) is 1. The van der Waals surface area contributed by atoms with Crippen molar-refractivity contribution in [3.8, 4) is 5.75 Å². The Bertz CT molecular complexity index is 880. The second-order valence-corrected chi connectivity index (χ2v) is 5.96. The van der Waals surface area contributed by atoms with Gasteiger partial charge in [-0.15, -0.1) is 11.3 Å². The maximum Gasteiger partial charge on any atom is 0.354 e. The molecular weight excluding hydrogens is 328 g/mol. The molecule has 0 atom stereocenters. The SMILES string of the molecule is COC(=O)c1cc2ccsc2n1CC(=O)Nc1ccc(OC)cc1. The highest BCUT2D eigenvalue weighted by Crippen LogP contribution is 2.26. The van der Waals surface area contributed by atoms with E-state index in [1.54, 1.807) is 42.0 Å². The Balaban J connectivity index is 1.81. The largest absolute Gasteiger partial charge is 0.497 e. The highest BCUT2D eigenvalue weighted by Gasteiger charge is 2.19. The van der Waals surface area contributed by atoms with Crippen LogP contribution < -0.4 is 10.1 Å². The van der Waals surface area contributed by atoms with E-state index in [2.05, 4.69) is 5.32 Å². The Morgan fingerprint density at radius 2 is 1.92 bits per heavy atom. The van der Waals surface area contributed by atoms with Gasteiger partial charge in [0.25, 0.3) is 0 Å². The van der Waals surface area contributed by atoms with Crippen LogP contribution in [-0.2, 0) is 16.1 Å². The van der Waals surface area contributed by atoms with Crippen LogP contribution in [0, 0.1) is 0 Å². The zero-order chi connectivity index (χ0) is 17.1. The normalized spacial score (nSPS) is 10.6. The van der Waals surface area contributed by atoms with Crippen molar-refractivity contribution in [1.82, 2.24) is 4.57 Å². The summed E-state index contributed by atoms with van der Waals surface area (Å²) in [5, 5.41) is 5.64. The first-order chi connectivity index (χ1) is 11.6. The molecule has 0 fully saturated rings. The predicted octanol–water partition coefficient (Wildman–Crippen LogP) is 3.14. The van der Waals surface area contributed by atoms with Crippen LogP contribution in [0.3, 0.4) is 0 Å². The topological polar surface area (TPSA) is 69.6 Å². The quantitative estimate of drug-likeness (QED) is 0.722. The lowest BCUT2D eigenvalue weighted by Gasteiger charge is -2.10. The maximum atomic E-state index is 12.4. The summed E-state index contributed by atoms with van der Waals surface area (Å²) in [6, 6.07) is 10.7. The number of anilines is 1. The Kier molecular flexibility index (Phi) is 4.52. The molecule has 2 heterocycles. The molecule has 124 valence electrons. The number of hydrogen-bond donors (Lipinski definition) is 1. The maximum absolute atomic E-state index is 12.4. The standard InChI is InChI=1S/C17H16N2O4S/c1-22-13-5-3-12(4-6-13)18-15(20)10-19-14(17(21)23-2)9-11-7-8-24-16(11)19/h3-9H,10H2,1-2H3,(H,18,20). The third-order valence-corrected chi connectivity index (χ3v) is 4.52. The van der Waals surface area contributed by atoms with Crippen LogP contribution in [0.25, 0.3) is 10.2 Å². The van der Waals surface area contributed by atoms with Crippen LogP contribution in [0.15, 0.2) is 41.8 Å². The van der Waals surface area contributed by atoms with Crippen molar-refractivity contribution < 1.29 is 19.1 Å². The average Bonchev–Trinajstić information content (AvgIpc) is 3.17. The van der Waals surface area contributed by atoms with Crippen LogP contribution in [0.2, 0.25) is 0 Å². The van der Waals surface area contributed by atoms with Crippen LogP contribution in [0.1, 0.15) is 10.5 Å². The molecule has 0 bridgehead atoms. The molecular formula is C17H16N2O4S. The first-order valence-corrected chi connectivity index (χ1v) is 8.09. The minimum absolute atomic E-state index is 0.0282. The second-order valence-electron chi connectivity index (χ2n) is 5.07. The van der Waals surface area contributed by atoms with E-state index >= 15 is 0 Å². The van der Waals surface area contributed by atoms with Gasteiger partial charge in [0.1, 0.15) is 22.8 Å². The van der Waals surface area contributed by atoms with Crippen molar-refractivity contribution in [2.24, 2.45) is 0 Å². The summed E-state index contributed by atoms with van der Waals surface area (Å²) in [4.78, 5) is 25.1. The van der Waals surface area contributed by atoms with Crippen LogP contribution in [-0.4, -0.2) is 30.7 Å². The number of methoxy groups -OCH3 is 2. The number of nitrogens with one attached hydrogen (secondary N) is 1. The van der Waals surface area contributed by atoms with E-state index < -0.39 is 5.97 Å². The van der Waals surface area contributed by atoms with Gasteiger partial charge < -0.3 is 19.4 Å². The molecule has 2 aromatic heterocycles. The molecule has 0 aliphatic carbocycles. The van der Waals surface area contributed by atoms with Crippen molar-refractivity contribution in [3.63, 3.8) is 0 Å². The fourth-order valence-electron chi connectivity index (χ4n) is 2.42. The van der Waals surface area contributed by atoms with Gasteiger partial charge in [0, 0.05) is 11.1 Å². The van der Waals surface area contributed by atoms with Gasteiger partial charge in [0.05, 0.1) is 14.2 Å². The van der Waals surface area contributed by atoms with E-state index in [-0.39, 0.29) is 12.5 Å². The van der Waals surface area contributed by atoms with E-state index in [4.69, 9.17) is 9.47 Å². The highest BCUT2D eigenvalue weighted by molar-refractivity contribution is 7.16. The summed E-state index contributed by atoms with van der Waals surface area (Å²) in [6.45, 7) is 0.0282. The number of hydrogen-bond acceptors (Lipinski definition) is 5. The van der Waals surface area contributed by atoms with Gasteiger partial charge in [-0.1, -0.05) is 0 Å². The number of esters is 1. The number of carbonyl (C=O) groups excluding carboxylic acids is 2. The number of aromatic nitrogens is 1. The molecule has 0 unspecified atom stereocenters. The lowest BCUT2D eigenvalue weighted by Crippen LogP contribution is -2.21. The fourth-order valence-corrected chi connectivity index (χ4v) is 3.32. The molecule has 0 saturated carbocycles. The van der Waals surface area contributed by atoms with Crippen molar-refractivity contribution in [2.75, 3.05) is 19.5 Å². The molecule has 0 spiro atoms. The summed E-state index contributed by atoms with van der Waals surface area (Å²) >= 11 is 1.47. The Labute approximate surface area is 142 Å². The van der Waals surface area contributed by atoms with E-state index in [0.717, 1.165) is 10.2 Å². The third-order valence-electron chi connectivity index (χ3n) is 3.57. The summed E-state index contributed by atoms with van der Waals surface area (Å²) in [5.41, 5.74) is 1.03. The molecule has 0 aliphatic rings. The number of amides is 1. The Morgan fingerprint density at radius 1 is 1.17 bits per heavy atom. The minimum atomic E-state index is -0.462. The smallest absolute Gasteiger partial charge is 0.354 e. The highest BCUT2D eigenvalue weighted by atomic mass is 32.1. The van der Waals surface area contributed by atoms with E-state index in [1.165, 1.54) is 18.4 Å². The predicted molar refractivity (Wildman–Crippen MR) is 92.8 cm³/mol. The van der Waals surface area contributed by atoms with Gasteiger partial charge in [0.15, 0.2) is 0 Å². The van der Waals surface area contributed by atoms with Crippen molar-refractivity contribution >= 4 is 39.1 Å². The zero-order valence-electron chi connectivity index (χ0n) is 13.2. The minimum Gasteiger partial charge on any atom is -0.497 e. The molecule has 0 aliphatic heterocycles. The van der Waals surface area contributed by atoms with Crippen LogP contribution in [0.4, 0.5) is 5.69 Å². The number of thiophene rings is 1. The molecule has 1 amide bonds. The van der Waals surface area contributed by atoms with Gasteiger partial charge in [-0.2, -0.15) is 0 Å². The third kappa shape index (κ3) is 3.11. The number of rotatable bonds is 5. The lowest BCUT2D eigenvalue weighted by molar-refractivity contribution is -0.116. The Hall–Kier alpha value is -2.80. The van der Waals surface area contributed by atoms with Crippen molar-refractivity contribution in [1.29, 1.82) is 0 Å². The van der Waals surface area contributed by atoms with E-state index in [0.29, 0.717) is 17.1 Å². The first-order valence-electron chi connectivity index (χ1n) is 7.21. The second kappa shape index (κ2) is 6.76. The van der Waals surface area contributed by atoms with Gasteiger partial charge in [0.2, 0.25) is 5.91 Å². The Morgan fingerprint density at radius 3 is 2.58 bits per heavy atom. The molecule has 3 aromatic rings. The molecule has 0 radical (unpaired) electrons. The van der Waals surface area contributed by atoms with Gasteiger partial charge in [-0.3, -0.25) is 4.79 Å². The number of ether oxygens (including phenoxy) is 2. The van der Waals surface area contributed by atoms with E-state index in [9.17, 15) is 9.59 Å². The molecule has 24 heavy (non-hydrogen) atoms. The van der Waals surface area contributed by atoms with Crippen LogP contribution >= 0.6 is 11.3 Å². The molecule has 1 N–H and O–H groups in total. The lowest BCUT2D eigenvalue weighted by atomic mass is 10.3.